The van der Waals surface area contributed by atoms with E-state index < -0.39 is 11.9 Å². The van der Waals surface area contributed by atoms with Crippen LogP contribution in [0.4, 0.5) is 5.69 Å². The van der Waals surface area contributed by atoms with E-state index in [1.165, 1.54) is 6.07 Å². The maximum absolute atomic E-state index is 10.9. The van der Waals surface area contributed by atoms with Crippen molar-refractivity contribution in [3.63, 3.8) is 0 Å². The zero-order valence-corrected chi connectivity index (χ0v) is 9.99. The van der Waals surface area contributed by atoms with Gasteiger partial charge in [-0.05, 0) is 25.1 Å². The summed E-state index contributed by atoms with van der Waals surface area (Å²) in [6, 6.07) is 4.44. The van der Waals surface area contributed by atoms with Crippen LogP contribution in [-0.2, 0) is 4.79 Å². The van der Waals surface area contributed by atoms with Gasteiger partial charge >= 0.3 is 5.97 Å². The fourth-order valence-corrected chi connectivity index (χ4v) is 1.68. The quantitative estimate of drug-likeness (QED) is 0.748. The number of benzene rings is 1. The second kappa shape index (κ2) is 5.54. The van der Waals surface area contributed by atoms with Crippen LogP contribution in [-0.4, -0.2) is 23.0 Å². The van der Waals surface area contributed by atoms with Crippen LogP contribution in [0.5, 0.6) is 0 Å². The van der Waals surface area contributed by atoms with Crippen molar-refractivity contribution in [2.24, 2.45) is 5.73 Å². The number of carboxylic acid groups (broad SMARTS) is 1. The summed E-state index contributed by atoms with van der Waals surface area (Å²) in [5.74, 6) is -1.48. The number of rotatable bonds is 5. The lowest BCUT2D eigenvalue weighted by Crippen LogP contribution is -2.19. The SMILES string of the molecule is CC(CC(=O)O)Nc1ccc(C(N)=O)c(Cl)c1. The van der Waals surface area contributed by atoms with Gasteiger partial charge in [-0.1, -0.05) is 11.6 Å². The molecular formula is C11H13ClN2O3. The predicted octanol–water partition coefficient (Wildman–Crippen LogP) is 1.71. The van der Waals surface area contributed by atoms with Gasteiger partial charge in [0, 0.05) is 11.7 Å². The second-order valence-electron chi connectivity index (χ2n) is 3.70. The van der Waals surface area contributed by atoms with Crippen LogP contribution in [0.25, 0.3) is 0 Å². The third-order valence-corrected chi connectivity index (χ3v) is 2.44. The van der Waals surface area contributed by atoms with Crippen LogP contribution < -0.4 is 11.1 Å². The van der Waals surface area contributed by atoms with Crippen molar-refractivity contribution < 1.29 is 14.7 Å². The summed E-state index contributed by atoms with van der Waals surface area (Å²) in [6.45, 7) is 1.74. The Morgan fingerprint density at radius 1 is 1.53 bits per heavy atom. The molecule has 92 valence electrons. The van der Waals surface area contributed by atoms with Gasteiger partial charge in [0.15, 0.2) is 0 Å². The molecule has 0 aromatic heterocycles. The number of nitrogens with two attached hydrogens (primary N) is 1. The van der Waals surface area contributed by atoms with Gasteiger partial charge < -0.3 is 16.2 Å². The van der Waals surface area contributed by atoms with Crippen LogP contribution >= 0.6 is 11.6 Å². The maximum atomic E-state index is 10.9. The number of nitrogens with one attached hydrogen (secondary N) is 1. The topological polar surface area (TPSA) is 92.4 Å². The molecule has 0 saturated heterocycles. The Balaban J connectivity index is 2.77. The Morgan fingerprint density at radius 3 is 2.65 bits per heavy atom. The molecule has 0 heterocycles. The predicted molar refractivity (Wildman–Crippen MR) is 65.3 cm³/mol. The lowest BCUT2D eigenvalue weighted by Gasteiger charge is -2.13. The second-order valence-corrected chi connectivity index (χ2v) is 4.11. The summed E-state index contributed by atoms with van der Waals surface area (Å²) >= 11 is 5.86. The summed E-state index contributed by atoms with van der Waals surface area (Å²) in [4.78, 5) is 21.4. The van der Waals surface area contributed by atoms with Crippen molar-refractivity contribution in [3.05, 3.63) is 28.8 Å². The molecule has 1 aromatic rings. The first-order chi connectivity index (χ1) is 7.90. The average molecular weight is 257 g/mol. The zero-order chi connectivity index (χ0) is 13.0. The molecule has 0 radical (unpaired) electrons. The Labute approximate surface area is 104 Å². The van der Waals surface area contributed by atoms with Gasteiger partial charge in [0.2, 0.25) is 5.91 Å². The summed E-state index contributed by atoms with van der Waals surface area (Å²) in [6.07, 6.45) is -0.00477. The largest absolute Gasteiger partial charge is 0.481 e. The molecule has 0 saturated carbocycles. The molecule has 0 fully saturated rings. The molecule has 1 aromatic carbocycles. The standard InChI is InChI=1S/C11H13ClN2O3/c1-6(4-10(15)16)14-7-2-3-8(11(13)17)9(12)5-7/h2-3,5-6,14H,4H2,1H3,(H2,13,17)(H,15,16). The van der Waals surface area contributed by atoms with Gasteiger partial charge in [0.1, 0.15) is 0 Å². The number of amides is 1. The van der Waals surface area contributed by atoms with Gasteiger partial charge in [0.25, 0.3) is 0 Å². The fraction of sp³-hybridized carbons (Fsp3) is 0.273. The molecule has 0 bridgehead atoms. The van der Waals surface area contributed by atoms with E-state index in [1.807, 2.05) is 0 Å². The monoisotopic (exact) mass is 256 g/mol. The normalized spacial score (nSPS) is 11.9. The van der Waals surface area contributed by atoms with Crippen molar-refractivity contribution in [3.8, 4) is 0 Å². The number of primary amides is 1. The van der Waals surface area contributed by atoms with E-state index >= 15 is 0 Å². The number of hydrogen-bond acceptors (Lipinski definition) is 3. The summed E-state index contributed by atoms with van der Waals surface area (Å²) < 4.78 is 0. The highest BCUT2D eigenvalue weighted by Crippen LogP contribution is 2.21. The third kappa shape index (κ3) is 3.96. The number of anilines is 1. The number of carboxylic acids is 1. The molecular weight excluding hydrogens is 244 g/mol. The Kier molecular flexibility index (Phi) is 4.34. The van der Waals surface area contributed by atoms with Crippen molar-refractivity contribution in [2.75, 3.05) is 5.32 Å². The molecule has 1 atom stereocenters. The van der Waals surface area contributed by atoms with Crippen LogP contribution in [0.3, 0.4) is 0 Å². The molecule has 4 N–H and O–H groups in total. The van der Waals surface area contributed by atoms with E-state index in [4.69, 9.17) is 22.4 Å². The van der Waals surface area contributed by atoms with Crippen LogP contribution in [0.15, 0.2) is 18.2 Å². The highest BCUT2D eigenvalue weighted by molar-refractivity contribution is 6.34. The first-order valence-electron chi connectivity index (χ1n) is 4.98. The highest BCUT2D eigenvalue weighted by Gasteiger charge is 2.10. The van der Waals surface area contributed by atoms with Crippen LogP contribution in [0, 0.1) is 0 Å². The van der Waals surface area contributed by atoms with Crippen molar-refractivity contribution >= 4 is 29.2 Å². The van der Waals surface area contributed by atoms with Crippen LogP contribution in [0.1, 0.15) is 23.7 Å². The third-order valence-electron chi connectivity index (χ3n) is 2.13. The van der Waals surface area contributed by atoms with E-state index in [9.17, 15) is 9.59 Å². The van der Waals surface area contributed by atoms with E-state index in [-0.39, 0.29) is 23.0 Å². The van der Waals surface area contributed by atoms with Gasteiger partial charge in [-0.3, -0.25) is 9.59 Å². The average Bonchev–Trinajstić information content (AvgIpc) is 2.15. The Morgan fingerprint density at radius 2 is 2.18 bits per heavy atom. The summed E-state index contributed by atoms with van der Waals surface area (Å²) in [5, 5.41) is 11.8. The van der Waals surface area contributed by atoms with E-state index in [0.717, 1.165) is 0 Å². The molecule has 5 nitrogen and oxygen atoms in total. The number of halogens is 1. The molecule has 1 amide bonds. The Bertz CT molecular complexity index is 448. The summed E-state index contributed by atoms with van der Waals surface area (Å²) in [5.41, 5.74) is 6.00. The maximum Gasteiger partial charge on any atom is 0.305 e. The van der Waals surface area contributed by atoms with Crippen molar-refractivity contribution in [1.29, 1.82) is 0 Å². The minimum absolute atomic E-state index is 0.00477. The van der Waals surface area contributed by atoms with Crippen LogP contribution in [0.2, 0.25) is 5.02 Å². The minimum atomic E-state index is -0.884. The number of aliphatic carboxylic acids is 1. The number of carbonyl (C=O) groups is 2. The molecule has 1 rings (SSSR count). The Hall–Kier alpha value is -1.75. The van der Waals surface area contributed by atoms with Gasteiger partial charge in [-0.15, -0.1) is 0 Å². The first kappa shape index (κ1) is 13.3. The highest BCUT2D eigenvalue weighted by atomic mass is 35.5. The van der Waals surface area contributed by atoms with E-state index in [2.05, 4.69) is 5.32 Å². The van der Waals surface area contributed by atoms with E-state index in [0.29, 0.717) is 5.69 Å². The smallest absolute Gasteiger partial charge is 0.305 e. The molecule has 0 aliphatic rings. The van der Waals surface area contributed by atoms with Gasteiger partial charge in [-0.25, -0.2) is 0 Å². The minimum Gasteiger partial charge on any atom is -0.481 e. The summed E-state index contributed by atoms with van der Waals surface area (Å²) in [7, 11) is 0. The lowest BCUT2D eigenvalue weighted by molar-refractivity contribution is -0.137. The first-order valence-corrected chi connectivity index (χ1v) is 5.35. The number of carbonyl (C=O) groups excluding carboxylic acids is 1. The fourth-order valence-electron chi connectivity index (χ4n) is 1.40. The lowest BCUT2D eigenvalue weighted by atomic mass is 10.1. The molecule has 1 unspecified atom stereocenters. The van der Waals surface area contributed by atoms with Gasteiger partial charge in [0.05, 0.1) is 17.0 Å². The molecule has 17 heavy (non-hydrogen) atoms. The van der Waals surface area contributed by atoms with Crippen molar-refractivity contribution in [2.45, 2.75) is 19.4 Å². The van der Waals surface area contributed by atoms with Gasteiger partial charge in [-0.2, -0.15) is 0 Å². The van der Waals surface area contributed by atoms with Crippen molar-refractivity contribution in [1.82, 2.24) is 0 Å². The van der Waals surface area contributed by atoms with E-state index in [1.54, 1.807) is 19.1 Å². The molecule has 0 aliphatic carbocycles. The molecule has 0 spiro atoms. The number of hydrogen-bond donors (Lipinski definition) is 3. The molecule has 0 aliphatic heterocycles. The zero-order valence-electron chi connectivity index (χ0n) is 9.24. The molecule has 6 heteroatoms.